The topological polar surface area (TPSA) is 135 Å². The third kappa shape index (κ3) is 9.06. The number of carbonyl (C=O) groups excluding carboxylic acids is 3. The number of amides is 2. The molecule has 0 bridgehead atoms. The minimum absolute atomic E-state index is 0.260. The Morgan fingerprint density at radius 2 is 1.77 bits per heavy atom. The van der Waals surface area contributed by atoms with E-state index in [9.17, 15) is 14.4 Å². The highest BCUT2D eigenvalue weighted by molar-refractivity contribution is 7.64. The lowest BCUT2D eigenvalue weighted by atomic mass is 10.0. The number of aromatic nitrogens is 2. The maximum absolute atomic E-state index is 12.6. The van der Waals surface area contributed by atoms with Gasteiger partial charge in [-0.2, -0.15) is 4.98 Å². The fourth-order valence-corrected chi connectivity index (χ4v) is 9.90. The zero-order chi connectivity index (χ0) is 41.8. The summed E-state index contributed by atoms with van der Waals surface area (Å²) in [5.41, 5.74) is 6.13. The van der Waals surface area contributed by atoms with Crippen molar-refractivity contribution in [3.63, 3.8) is 0 Å². The summed E-state index contributed by atoms with van der Waals surface area (Å²) < 4.78 is 5.84. The molecule has 0 spiro atoms. The van der Waals surface area contributed by atoms with E-state index in [-0.39, 0.29) is 26.2 Å². The van der Waals surface area contributed by atoms with Gasteiger partial charge in [-0.15, -0.1) is 0 Å². The van der Waals surface area contributed by atoms with Gasteiger partial charge in [0.05, 0.1) is 19.0 Å². The third-order valence-corrected chi connectivity index (χ3v) is 13.6. The van der Waals surface area contributed by atoms with Crippen molar-refractivity contribution in [2.75, 3.05) is 81.8 Å². The maximum atomic E-state index is 12.6. The number of anilines is 5. The smallest absolute Gasteiger partial charge is 0.249 e. The van der Waals surface area contributed by atoms with Crippen LogP contribution in [-0.2, 0) is 20.9 Å². The summed E-state index contributed by atoms with van der Waals surface area (Å²) in [4.78, 5) is 54.9. The summed E-state index contributed by atoms with van der Waals surface area (Å²) in [7, 11) is 1.36. The van der Waals surface area contributed by atoms with Gasteiger partial charge in [-0.25, -0.2) is 9.78 Å². The molecule has 5 heterocycles. The molecule has 4 aliphatic heterocycles. The van der Waals surface area contributed by atoms with Crippen molar-refractivity contribution < 1.29 is 19.1 Å². The molecule has 2 amide bonds. The highest BCUT2D eigenvalue weighted by Crippen LogP contribution is 2.38. The van der Waals surface area contributed by atoms with E-state index >= 15 is 0 Å². The fourth-order valence-electron chi connectivity index (χ4n) is 8.76. The minimum atomic E-state index is -0.556. The van der Waals surface area contributed by atoms with Crippen LogP contribution in [0.1, 0.15) is 42.4 Å². The van der Waals surface area contributed by atoms with Crippen molar-refractivity contribution in [2.45, 2.75) is 44.3 Å². The van der Waals surface area contributed by atoms with Gasteiger partial charge in [-0.05, 0) is 67.2 Å². The Bertz CT molecular complexity index is 2320. The number of piperidine rings is 2. The molecular formula is C45H51ClN9O4P. The van der Waals surface area contributed by atoms with Gasteiger partial charge in [0, 0.05) is 87.8 Å². The van der Waals surface area contributed by atoms with Gasteiger partial charge in [-0.1, -0.05) is 68.1 Å². The van der Waals surface area contributed by atoms with Crippen LogP contribution in [-0.4, -0.2) is 121 Å². The van der Waals surface area contributed by atoms with Crippen LogP contribution >= 0.6 is 19.5 Å². The van der Waals surface area contributed by atoms with E-state index in [2.05, 4.69) is 91.3 Å². The Balaban J connectivity index is 0.818. The van der Waals surface area contributed by atoms with Crippen LogP contribution in [0.5, 0.6) is 5.75 Å². The number of nitrogens with zero attached hydrogens (tertiary/aromatic N) is 6. The molecule has 0 radical (unpaired) electrons. The van der Waals surface area contributed by atoms with Gasteiger partial charge in [-0.3, -0.25) is 24.7 Å². The summed E-state index contributed by atoms with van der Waals surface area (Å²) in [6.07, 6.45) is 8.78. The van der Waals surface area contributed by atoms with Crippen molar-refractivity contribution in [1.82, 2.24) is 30.0 Å². The van der Waals surface area contributed by atoms with E-state index < -0.39 is 6.04 Å². The quantitative estimate of drug-likeness (QED) is 0.0867. The van der Waals surface area contributed by atoms with Gasteiger partial charge < -0.3 is 25.2 Å². The highest BCUT2D eigenvalue weighted by atomic mass is 35.5. The van der Waals surface area contributed by atoms with Crippen LogP contribution in [0.4, 0.5) is 28.8 Å². The van der Waals surface area contributed by atoms with Crippen molar-refractivity contribution >= 4 is 83.2 Å². The molecule has 312 valence electrons. The number of ether oxygens (including phenoxy) is 1. The van der Waals surface area contributed by atoms with Gasteiger partial charge in [0.25, 0.3) is 0 Å². The number of rotatable bonds is 12. The molecule has 15 heteroatoms. The average Bonchev–Trinajstić information content (AvgIpc) is 3.64. The first-order valence-electron chi connectivity index (χ1n) is 20.6. The zero-order valence-corrected chi connectivity index (χ0v) is 35.9. The number of methoxy groups -OCH3 is 1. The van der Waals surface area contributed by atoms with E-state index in [4.69, 9.17) is 21.3 Å². The van der Waals surface area contributed by atoms with E-state index in [0.717, 1.165) is 92.4 Å². The summed E-state index contributed by atoms with van der Waals surface area (Å²) in [6, 6.07) is 20.4. The number of halogens is 1. The van der Waals surface area contributed by atoms with Gasteiger partial charge >= 0.3 is 0 Å². The molecule has 1 aromatic heterocycles. The Hall–Kier alpha value is -5.29. The maximum Gasteiger partial charge on any atom is 0.249 e. The fraction of sp³-hybridized carbons (Fsp3) is 0.378. The second-order valence-corrected chi connectivity index (χ2v) is 18.5. The van der Waals surface area contributed by atoms with Crippen LogP contribution in [0.25, 0.3) is 11.8 Å². The lowest BCUT2D eigenvalue weighted by Gasteiger charge is -2.43. The molecule has 1 unspecified atom stereocenters. The number of imide groups is 1. The van der Waals surface area contributed by atoms with E-state index in [1.807, 2.05) is 36.4 Å². The van der Waals surface area contributed by atoms with Crippen LogP contribution in [0, 0.1) is 0 Å². The molecule has 0 saturated carbocycles. The zero-order valence-electron chi connectivity index (χ0n) is 34.3. The standard InChI is InChI=1S/C45H51ClN9O4P/c1-59-40-26-32(13-14-36(40)49-45-47-27-35(46)43(51-45)48-37-11-4-5-12-41(37)60(2)3)53-20-17-31(18-21-53)54-24-22-52(23-25-54)19-7-9-30-8-6-10-33-34(30)28-55(39(33)29-56)38-15-16-42(57)50-44(38)58/h4-14,26-27,31,38H,15-25,28H2,1-3H3,(H,50,57,58)(H2,47,48,49,51). The summed E-state index contributed by atoms with van der Waals surface area (Å²) >= 11 is 6.53. The first kappa shape index (κ1) is 41.4. The Kier molecular flexibility index (Phi) is 12.8. The number of hydrogen-bond donors (Lipinski definition) is 3. The summed E-state index contributed by atoms with van der Waals surface area (Å²) in [5.74, 6) is 3.12. The molecule has 60 heavy (non-hydrogen) atoms. The SMILES string of the molecule is COc1cc(N2CCC(N3CCN(CC=Cc4cccc5c4CN(C4CCC(=O)NC4=O)C5=C=O)CC3)CC2)ccc1Nc1ncc(Cl)c(Nc2ccccc2P(C)C)n1. The number of carbonyl (C=O) groups is 2. The number of nitrogens with one attached hydrogen (secondary N) is 3. The summed E-state index contributed by atoms with van der Waals surface area (Å²) in [6.45, 7) is 11.8. The summed E-state index contributed by atoms with van der Waals surface area (Å²) in [5, 5.41) is 10.9. The molecule has 4 aliphatic rings. The number of para-hydroxylation sites is 1. The minimum Gasteiger partial charge on any atom is -0.494 e. The van der Waals surface area contributed by atoms with Gasteiger partial charge in [0.1, 0.15) is 22.5 Å². The van der Waals surface area contributed by atoms with Crippen LogP contribution in [0.15, 0.2) is 72.9 Å². The molecule has 3 saturated heterocycles. The molecule has 1 atom stereocenters. The second kappa shape index (κ2) is 18.5. The average molecular weight is 848 g/mol. The number of piperazine rings is 1. The molecule has 8 rings (SSSR count). The molecule has 3 N–H and O–H groups in total. The van der Waals surface area contributed by atoms with Crippen LogP contribution < -0.4 is 30.9 Å². The molecule has 4 aromatic rings. The van der Waals surface area contributed by atoms with Crippen LogP contribution in [0.2, 0.25) is 5.02 Å². The Morgan fingerprint density at radius 1 is 0.967 bits per heavy atom. The van der Waals surface area contributed by atoms with Gasteiger partial charge in [0.15, 0.2) is 11.8 Å². The lowest BCUT2D eigenvalue weighted by Crippen LogP contribution is -2.53. The first-order valence-corrected chi connectivity index (χ1v) is 23.2. The van der Waals surface area contributed by atoms with E-state index in [0.29, 0.717) is 47.2 Å². The van der Waals surface area contributed by atoms with Crippen molar-refractivity contribution in [3.8, 4) is 5.75 Å². The van der Waals surface area contributed by atoms with Crippen LogP contribution in [0.3, 0.4) is 0 Å². The number of fused-ring (bicyclic) bond motifs is 1. The molecule has 13 nitrogen and oxygen atoms in total. The number of hydrogen-bond acceptors (Lipinski definition) is 12. The predicted octanol–water partition coefficient (Wildman–Crippen LogP) is 6.09. The van der Waals surface area contributed by atoms with Crippen molar-refractivity contribution in [3.05, 3.63) is 94.6 Å². The molecular weight excluding hydrogens is 797 g/mol. The molecule has 0 aliphatic carbocycles. The number of benzene rings is 3. The normalized spacial score (nSPS) is 19.1. The Labute approximate surface area is 357 Å². The highest BCUT2D eigenvalue weighted by Gasteiger charge is 2.38. The van der Waals surface area contributed by atoms with Crippen molar-refractivity contribution in [1.29, 1.82) is 0 Å². The largest absolute Gasteiger partial charge is 0.494 e. The predicted molar refractivity (Wildman–Crippen MR) is 241 cm³/mol. The Morgan fingerprint density at radius 3 is 2.52 bits per heavy atom. The molecule has 3 fully saturated rings. The first-order chi connectivity index (χ1) is 29.2. The third-order valence-electron chi connectivity index (χ3n) is 12.0. The monoisotopic (exact) mass is 847 g/mol. The van der Waals surface area contributed by atoms with Gasteiger partial charge in [0.2, 0.25) is 17.8 Å². The van der Waals surface area contributed by atoms with E-state index in [1.165, 1.54) is 5.30 Å². The molecule has 3 aromatic carbocycles. The van der Waals surface area contributed by atoms with E-state index in [1.54, 1.807) is 18.2 Å². The second-order valence-electron chi connectivity index (χ2n) is 15.8. The van der Waals surface area contributed by atoms with Crippen molar-refractivity contribution in [2.24, 2.45) is 0 Å². The lowest BCUT2D eigenvalue weighted by molar-refractivity contribution is -0.136.